The van der Waals surface area contributed by atoms with Crippen LogP contribution in [0.25, 0.3) is 0 Å². The Balaban J connectivity index is 2.07. The second kappa shape index (κ2) is 4.05. The smallest absolute Gasteiger partial charge is 0.173 e. The van der Waals surface area contributed by atoms with Crippen molar-refractivity contribution in [2.24, 2.45) is 11.8 Å². The Morgan fingerprint density at radius 1 is 1.33 bits per heavy atom. The molecule has 2 nitrogen and oxygen atoms in total. The third kappa shape index (κ3) is 1.84. The van der Waals surface area contributed by atoms with Crippen LogP contribution in [-0.2, 0) is 4.74 Å². The van der Waals surface area contributed by atoms with Gasteiger partial charge >= 0.3 is 0 Å². The summed E-state index contributed by atoms with van der Waals surface area (Å²) < 4.78 is 5.84. The lowest BCUT2D eigenvalue weighted by atomic mass is 9.77. The van der Waals surface area contributed by atoms with Gasteiger partial charge in [0.1, 0.15) is 0 Å². The monoisotopic (exact) mass is 264 g/mol. The van der Waals surface area contributed by atoms with Crippen molar-refractivity contribution < 1.29 is 9.84 Å². The van der Waals surface area contributed by atoms with Gasteiger partial charge < -0.3 is 9.84 Å². The first-order chi connectivity index (χ1) is 8.42. The van der Waals surface area contributed by atoms with E-state index >= 15 is 0 Å². The minimum atomic E-state index is -1.34. The molecule has 0 unspecified atom stereocenters. The Kier molecular flexibility index (Phi) is 2.85. The SMILES string of the molecule is C[Si](C)(C)C1=C2CO[C@@]3(O)CCCC[C@@H](C=C1)[C@@H]23. The first kappa shape index (κ1) is 12.6. The van der Waals surface area contributed by atoms with E-state index in [4.69, 9.17) is 4.74 Å². The third-order valence-corrected chi connectivity index (χ3v) is 6.86. The molecule has 2 fully saturated rings. The minimum Gasteiger partial charge on any atom is -0.365 e. The molecule has 0 bridgehead atoms. The molecule has 2 aliphatic carbocycles. The molecule has 3 aliphatic rings. The van der Waals surface area contributed by atoms with Crippen LogP contribution >= 0.6 is 0 Å². The summed E-state index contributed by atoms with van der Waals surface area (Å²) in [7, 11) is -1.34. The van der Waals surface area contributed by atoms with E-state index in [0.717, 1.165) is 12.8 Å². The maximum atomic E-state index is 10.8. The standard InChI is InChI=1S/C15H24O2Si/c1-18(2,3)13-8-7-11-6-4-5-9-15(16)14(11)12(13)10-17-15/h7-8,11,14,16H,4-6,9-10H2,1-3H3/t11-,14-,15-/m0/s1. The van der Waals surface area contributed by atoms with Crippen molar-refractivity contribution in [3.63, 3.8) is 0 Å². The zero-order chi connectivity index (χ0) is 13.0. The normalized spacial score (nSPS) is 39.8. The van der Waals surface area contributed by atoms with Gasteiger partial charge in [0.25, 0.3) is 0 Å². The molecule has 0 aromatic heterocycles. The summed E-state index contributed by atoms with van der Waals surface area (Å²) in [5.41, 5.74) is 1.42. The first-order valence-corrected chi connectivity index (χ1v) is 10.7. The van der Waals surface area contributed by atoms with Gasteiger partial charge in [-0.25, -0.2) is 0 Å². The molecule has 1 saturated carbocycles. The number of rotatable bonds is 1. The molecule has 3 atom stereocenters. The highest BCUT2D eigenvalue weighted by Crippen LogP contribution is 2.50. The van der Waals surface area contributed by atoms with Crippen molar-refractivity contribution in [1.82, 2.24) is 0 Å². The van der Waals surface area contributed by atoms with E-state index in [-0.39, 0.29) is 5.92 Å². The van der Waals surface area contributed by atoms with Crippen molar-refractivity contribution in [2.45, 2.75) is 51.1 Å². The van der Waals surface area contributed by atoms with Crippen molar-refractivity contribution in [1.29, 1.82) is 0 Å². The number of allylic oxidation sites excluding steroid dienone is 3. The fraction of sp³-hybridized carbons (Fsp3) is 0.733. The third-order valence-electron chi connectivity index (χ3n) is 4.75. The van der Waals surface area contributed by atoms with Gasteiger partial charge in [-0.05, 0) is 24.3 Å². The van der Waals surface area contributed by atoms with Gasteiger partial charge in [0.15, 0.2) is 5.79 Å². The van der Waals surface area contributed by atoms with Crippen LogP contribution in [0.4, 0.5) is 0 Å². The van der Waals surface area contributed by atoms with Gasteiger partial charge in [-0.1, -0.05) is 43.4 Å². The molecule has 0 aromatic rings. The minimum absolute atomic E-state index is 0.242. The maximum Gasteiger partial charge on any atom is 0.173 e. The summed E-state index contributed by atoms with van der Waals surface area (Å²) >= 11 is 0. The molecule has 0 radical (unpaired) electrons. The van der Waals surface area contributed by atoms with E-state index in [9.17, 15) is 5.11 Å². The highest BCUT2D eigenvalue weighted by atomic mass is 28.3. The molecule has 1 aliphatic heterocycles. The number of hydrogen-bond acceptors (Lipinski definition) is 2. The maximum absolute atomic E-state index is 10.8. The Morgan fingerprint density at radius 2 is 2.11 bits per heavy atom. The van der Waals surface area contributed by atoms with Crippen LogP contribution in [-0.4, -0.2) is 25.6 Å². The first-order valence-electron chi connectivity index (χ1n) is 7.20. The average molecular weight is 264 g/mol. The van der Waals surface area contributed by atoms with Gasteiger partial charge in [0.2, 0.25) is 0 Å². The summed E-state index contributed by atoms with van der Waals surface area (Å²) in [5.74, 6) is -0.131. The molecule has 0 spiro atoms. The van der Waals surface area contributed by atoms with Gasteiger partial charge in [-0.3, -0.25) is 0 Å². The van der Waals surface area contributed by atoms with Gasteiger partial charge in [0.05, 0.1) is 14.7 Å². The summed E-state index contributed by atoms with van der Waals surface area (Å²) in [4.78, 5) is 0. The van der Waals surface area contributed by atoms with E-state index in [0.29, 0.717) is 12.5 Å². The molecule has 1 heterocycles. The predicted octanol–water partition coefficient (Wildman–Crippen LogP) is 3.26. The van der Waals surface area contributed by atoms with E-state index < -0.39 is 13.9 Å². The lowest BCUT2D eigenvalue weighted by Crippen LogP contribution is -2.40. The highest BCUT2D eigenvalue weighted by Gasteiger charge is 2.52. The zero-order valence-corrected chi connectivity index (χ0v) is 12.7. The molecule has 3 rings (SSSR count). The molecule has 18 heavy (non-hydrogen) atoms. The summed E-state index contributed by atoms with van der Waals surface area (Å²) in [5, 5.41) is 12.3. The average Bonchev–Trinajstić information content (AvgIpc) is 2.52. The van der Waals surface area contributed by atoms with E-state index in [1.54, 1.807) is 0 Å². The van der Waals surface area contributed by atoms with Crippen molar-refractivity contribution in [2.75, 3.05) is 6.61 Å². The van der Waals surface area contributed by atoms with Gasteiger partial charge in [-0.2, -0.15) is 0 Å². The van der Waals surface area contributed by atoms with Crippen LogP contribution in [0.5, 0.6) is 0 Å². The van der Waals surface area contributed by atoms with Crippen LogP contribution in [0.2, 0.25) is 19.6 Å². The molecule has 100 valence electrons. The fourth-order valence-electron chi connectivity index (χ4n) is 3.91. The van der Waals surface area contributed by atoms with Crippen LogP contribution in [0, 0.1) is 11.8 Å². The topological polar surface area (TPSA) is 29.5 Å². The van der Waals surface area contributed by atoms with Gasteiger partial charge in [-0.15, -0.1) is 0 Å². The van der Waals surface area contributed by atoms with Gasteiger partial charge in [0, 0.05) is 12.3 Å². The summed E-state index contributed by atoms with van der Waals surface area (Å²) in [6.45, 7) is 7.80. The van der Waals surface area contributed by atoms with Crippen LogP contribution in [0.3, 0.4) is 0 Å². The van der Waals surface area contributed by atoms with Crippen molar-refractivity contribution in [3.05, 3.63) is 22.9 Å². The van der Waals surface area contributed by atoms with E-state index in [2.05, 4.69) is 31.8 Å². The van der Waals surface area contributed by atoms with Crippen LogP contribution < -0.4 is 0 Å². The largest absolute Gasteiger partial charge is 0.365 e. The van der Waals surface area contributed by atoms with Crippen molar-refractivity contribution in [3.8, 4) is 0 Å². The van der Waals surface area contributed by atoms with Crippen molar-refractivity contribution >= 4 is 8.07 Å². The predicted molar refractivity (Wildman–Crippen MR) is 75.9 cm³/mol. The summed E-state index contributed by atoms with van der Waals surface area (Å²) in [6.07, 6.45) is 9.02. The Hall–Kier alpha value is -0.383. The fourth-order valence-corrected chi connectivity index (χ4v) is 5.70. The zero-order valence-electron chi connectivity index (χ0n) is 11.7. The highest BCUT2D eigenvalue weighted by molar-refractivity contribution is 6.83. The molecule has 1 N–H and O–H groups in total. The molecule has 0 aromatic carbocycles. The second-order valence-corrected chi connectivity index (χ2v) is 12.1. The number of aliphatic hydroxyl groups is 1. The molecular formula is C15H24O2Si. The molecule has 3 heteroatoms. The quantitative estimate of drug-likeness (QED) is 0.737. The van der Waals surface area contributed by atoms with Crippen LogP contribution in [0.1, 0.15) is 25.7 Å². The number of ether oxygens (including phenoxy) is 1. The van der Waals surface area contributed by atoms with E-state index in [1.807, 2.05) is 0 Å². The summed E-state index contributed by atoms with van der Waals surface area (Å²) in [6, 6.07) is 0. The second-order valence-electron chi connectivity index (χ2n) is 7.07. The van der Waals surface area contributed by atoms with Crippen LogP contribution in [0.15, 0.2) is 22.9 Å². The molecule has 0 amide bonds. The van der Waals surface area contributed by atoms with E-state index in [1.165, 1.54) is 23.6 Å². The lowest BCUT2D eigenvalue weighted by molar-refractivity contribution is -0.201. The Bertz CT molecular complexity index is 419. The molecule has 1 saturated heterocycles. The Morgan fingerprint density at radius 3 is 2.83 bits per heavy atom. The number of hydrogen-bond donors (Lipinski definition) is 1. The lowest BCUT2D eigenvalue weighted by Gasteiger charge is -2.35. The Labute approximate surface area is 111 Å². The molecular weight excluding hydrogens is 240 g/mol.